The molecule has 4 rings (SSSR count). The van der Waals surface area contributed by atoms with E-state index < -0.39 is 11.9 Å². The smallest absolute Gasteiger partial charge is 0.322 e. The van der Waals surface area contributed by atoms with Crippen LogP contribution in [0.25, 0.3) is 0 Å². The molecular formula is C32H36ClN3O4. The van der Waals surface area contributed by atoms with Gasteiger partial charge in [0, 0.05) is 22.8 Å². The number of amides is 3. The van der Waals surface area contributed by atoms with Gasteiger partial charge in [-0.15, -0.1) is 0 Å². The van der Waals surface area contributed by atoms with Crippen molar-refractivity contribution in [1.29, 1.82) is 0 Å². The minimum Gasteiger partial charge on any atom is -0.481 e. The number of nitrogens with zero attached hydrogens (tertiary/aromatic N) is 1. The second kappa shape index (κ2) is 14.0. The number of halogens is 1. The van der Waals surface area contributed by atoms with Gasteiger partial charge in [-0.25, -0.2) is 4.79 Å². The standard InChI is InChI=1S/C32H36ClN3O4/c1-22(24-14-16-28(33)17-15-24)35-32(40)36(21-23-10-12-26(13-11-23)25-6-3-2-4-7-25)29-9-5-8-27(20-29)31(39)34-19-18-30(37)38/h5,8-17,20,22,25H,2-4,6-7,18-19,21H2,1H3,(H,34,39)(H,35,40)(H,37,38)/t22-/m1/s1. The molecule has 0 aliphatic heterocycles. The zero-order chi connectivity index (χ0) is 28.5. The van der Waals surface area contributed by atoms with Crippen LogP contribution < -0.4 is 15.5 Å². The van der Waals surface area contributed by atoms with Crippen LogP contribution in [0, 0.1) is 0 Å². The average molecular weight is 562 g/mol. The van der Waals surface area contributed by atoms with Gasteiger partial charge in [-0.2, -0.15) is 0 Å². The number of anilines is 1. The van der Waals surface area contributed by atoms with E-state index in [1.165, 1.54) is 37.7 Å². The molecule has 40 heavy (non-hydrogen) atoms. The number of hydrogen-bond donors (Lipinski definition) is 3. The lowest BCUT2D eigenvalue weighted by Gasteiger charge is -2.27. The lowest BCUT2D eigenvalue weighted by atomic mass is 9.84. The molecule has 8 heteroatoms. The van der Waals surface area contributed by atoms with Crippen molar-refractivity contribution in [2.24, 2.45) is 0 Å². The summed E-state index contributed by atoms with van der Waals surface area (Å²) in [6.45, 7) is 2.24. The van der Waals surface area contributed by atoms with Crippen LogP contribution >= 0.6 is 11.6 Å². The molecule has 7 nitrogen and oxygen atoms in total. The molecule has 1 fully saturated rings. The van der Waals surface area contributed by atoms with E-state index in [2.05, 4.69) is 34.9 Å². The maximum absolute atomic E-state index is 13.7. The fourth-order valence-electron chi connectivity index (χ4n) is 5.09. The first kappa shape index (κ1) is 29.2. The van der Waals surface area contributed by atoms with Gasteiger partial charge in [-0.1, -0.05) is 73.3 Å². The first-order valence-corrected chi connectivity index (χ1v) is 14.2. The van der Waals surface area contributed by atoms with Crippen LogP contribution in [0.4, 0.5) is 10.5 Å². The lowest BCUT2D eigenvalue weighted by Crippen LogP contribution is -2.41. The van der Waals surface area contributed by atoms with E-state index in [0.717, 1.165) is 11.1 Å². The summed E-state index contributed by atoms with van der Waals surface area (Å²) in [5.41, 5.74) is 4.14. The van der Waals surface area contributed by atoms with E-state index >= 15 is 0 Å². The summed E-state index contributed by atoms with van der Waals surface area (Å²) in [5, 5.41) is 15.2. The first-order valence-electron chi connectivity index (χ1n) is 13.8. The molecule has 1 aliphatic carbocycles. The molecule has 3 N–H and O–H groups in total. The number of carboxylic acids is 1. The summed E-state index contributed by atoms with van der Waals surface area (Å²) in [7, 11) is 0. The van der Waals surface area contributed by atoms with Crippen molar-refractivity contribution in [2.45, 2.75) is 64.0 Å². The van der Waals surface area contributed by atoms with Crippen molar-refractivity contribution in [1.82, 2.24) is 10.6 Å². The molecule has 0 heterocycles. The van der Waals surface area contributed by atoms with Crippen LogP contribution in [0.15, 0.2) is 72.8 Å². The summed E-state index contributed by atoms with van der Waals surface area (Å²) in [5.74, 6) is -0.783. The summed E-state index contributed by atoms with van der Waals surface area (Å²) in [4.78, 5) is 38.8. The molecule has 0 radical (unpaired) electrons. The van der Waals surface area contributed by atoms with Crippen molar-refractivity contribution in [2.75, 3.05) is 11.4 Å². The molecular weight excluding hydrogens is 526 g/mol. The molecule has 3 aromatic carbocycles. The van der Waals surface area contributed by atoms with Crippen molar-refractivity contribution in [3.8, 4) is 0 Å². The summed E-state index contributed by atoms with van der Waals surface area (Å²) >= 11 is 6.03. The molecule has 3 amide bonds. The molecule has 0 unspecified atom stereocenters. The number of carbonyl (C=O) groups is 3. The van der Waals surface area contributed by atoms with E-state index in [9.17, 15) is 14.4 Å². The number of carbonyl (C=O) groups excluding carboxylic acids is 2. The highest BCUT2D eigenvalue weighted by Crippen LogP contribution is 2.33. The Bertz CT molecular complexity index is 1300. The Hall–Kier alpha value is -3.84. The predicted molar refractivity (Wildman–Crippen MR) is 158 cm³/mol. The third-order valence-corrected chi connectivity index (χ3v) is 7.65. The first-order chi connectivity index (χ1) is 19.3. The van der Waals surface area contributed by atoms with Gasteiger partial charge in [0.05, 0.1) is 19.0 Å². The van der Waals surface area contributed by atoms with Crippen molar-refractivity contribution in [3.05, 3.63) is 100 Å². The Morgan fingerprint density at radius 1 is 0.975 bits per heavy atom. The topological polar surface area (TPSA) is 98.7 Å². The lowest BCUT2D eigenvalue weighted by molar-refractivity contribution is -0.136. The van der Waals surface area contributed by atoms with Crippen LogP contribution in [0.2, 0.25) is 5.02 Å². The number of benzene rings is 3. The minimum absolute atomic E-state index is 0.0224. The molecule has 0 spiro atoms. The van der Waals surface area contributed by atoms with Gasteiger partial charge < -0.3 is 15.7 Å². The zero-order valence-corrected chi connectivity index (χ0v) is 23.5. The molecule has 1 saturated carbocycles. The van der Waals surface area contributed by atoms with E-state index in [1.807, 2.05) is 19.1 Å². The Kier molecular flexibility index (Phi) is 10.2. The molecule has 1 atom stereocenters. The highest BCUT2D eigenvalue weighted by molar-refractivity contribution is 6.30. The van der Waals surface area contributed by atoms with Gasteiger partial charge >= 0.3 is 12.0 Å². The summed E-state index contributed by atoms with van der Waals surface area (Å²) < 4.78 is 0. The minimum atomic E-state index is -0.985. The summed E-state index contributed by atoms with van der Waals surface area (Å²) in [6.07, 6.45) is 6.12. The van der Waals surface area contributed by atoms with E-state index in [1.54, 1.807) is 41.3 Å². The third kappa shape index (κ3) is 8.09. The normalized spacial score (nSPS) is 14.2. The fourth-order valence-corrected chi connectivity index (χ4v) is 5.22. The van der Waals surface area contributed by atoms with E-state index in [4.69, 9.17) is 16.7 Å². The highest BCUT2D eigenvalue weighted by Gasteiger charge is 2.21. The van der Waals surface area contributed by atoms with E-state index in [0.29, 0.717) is 28.7 Å². The Labute approximate surface area is 240 Å². The number of hydrogen-bond acceptors (Lipinski definition) is 3. The van der Waals surface area contributed by atoms with Crippen molar-refractivity contribution in [3.63, 3.8) is 0 Å². The highest BCUT2D eigenvalue weighted by atomic mass is 35.5. The second-order valence-electron chi connectivity index (χ2n) is 10.3. The van der Waals surface area contributed by atoms with Gasteiger partial charge in [0.15, 0.2) is 0 Å². The molecule has 1 aliphatic rings. The monoisotopic (exact) mass is 561 g/mol. The molecule has 3 aromatic rings. The largest absolute Gasteiger partial charge is 0.481 e. The van der Waals surface area contributed by atoms with Gasteiger partial charge in [0.25, 0.3) is 5.91 Å². The van der Waals surface area contributed by atoms with Gasteiger partial charge in [-0.05, 0) is 72.7 Å². The maximum Gasteiger partial charge on any atom is 0.322 e. The van der Waals surface area contributed by atoms with Crippen molar-refractivity contribution < 1.29 is 19.5 Å². The average Bonchev–Trinajstić information content (AvgIpc) is 2.96. The molecule has 210 valence electrons. The van der Waals surface area contributed by atoms with Crippen LogP contribution in [0.3, 0.4) is 0 Å². The molecule has 0 bridgehead atoms. The molecule has 0 aromatic heterocycles. The number of aliphatic carboxylic acids is 1. The second-order valence-corrected chi connectivity index (χ2v) is 10.8. The van der Waals surface area contributed by atoms with Crippen LogP contribution in [-0.2, 0) is 11.3 Å². The quantitative estimate of drug-likeness (QED) is 0.246. The number of carboxylic acid groups (broad SMARTS) is 1. The van der Waals surface area contributed by atoms with Crippen LogP contribution in [0.5, 0.6) is 0 Å². The molecule has 0 saturated heterocycles. The van der Waals surface area contributed by atoms with Gasteiger partial charge in [-0.3, -0.25) is 14.5 Å². The maximum atomic E-state index is 13.7. The Morgan fingerprint density at radius 2 is 1.68 bits per heavy atom. The van der Waals surface area contributed by atoms with Gasteiger partial charge in [0.1, 0.15) is 0 Å². The Balaban J connectivity index is 1.55. The predicted octanol–water partition coefficient (Wildman–Crippen LogP) is 7.07. The third-order valence-electron chi connectivity index (χ3n) is 7.40. The van der Waals surface area contributed by atoms with Crippen LogP contribution in [-0.4, -0.2) is 29.6 Å². The fraction of sp³-hybridized carbons (Fsp3) is 0.344. The summed E-state index contributed by atoms with van der Waals surface area (Å²) in [6, 6.07) is 22.1. The SMILES string of the molecule is C[C@@H](NC(=O)N(Cc1ccc(C2CCCCC2)cc1)c1cccc(C(=O)NCCC(=O)O)c1)c1ccc(Cl)cc1. The van der Waals surface area contributed by atoms with E-state index in [-0.39, 0.29) is 25.0 Å². The zero-order valence-electron chi connectivity index (χ0n) is 22.7. The van der Waals surface area contributed by atoms with Crippen molar-refractivity contribution >= 4 is 35.2 Å². The number of rotatable bonds is 10. The van der Waals surface area contributed by atoms with Crippen LogP contribution in [0.1, 0.15) is 84.5 Å². The number of nitrogens with one attached hydrogen (secondary N) is 2. The number of urea groups is 1. The Morgan fingerprint density at radius 3 is 2.35 bits per heavy atom. The van der Waals surface area contributed by atoms with Gasteiger partial charge in [0.2, 0.25) is 0 Å².